The highest BCUT2D eigenvalue weighted by Gasteiger charge is 2.50. The van der Waals surface area contributed by atoms with Crippen LogP contribution in [0.3, 0.4) is 0 Å². The molecule has 4 atom stereocenters. The second-order valence-corrected chi connectivity index (χ2v) is 19.8. The molecule has 78 heavy (non-hydrogen) atoms. The van der Waals surface area contributed by atoms with E-state index in [1.807, 2.05) is 30.3 Å². The minimum Gasteiger partial charge on any atom is -0.373 e. The molecule has 1 saturated heterocycles. The number of benzene rings is 4. The summed E-state index contributed by atoms with van der Waals surface area (Å²) in [7, 11) is 0. The van der Waals surface area contributed by atoms with Crippen LogP contribution in [-0.4, -0.2) is 60.9 Å². The predicted octanol–water partition coefficient (Wildman–Crippen LogP) is 11.1. The molecule has 0 radical (unpaired) electrons. The van der Waals surface area contributed by atoms with E-state index in [2.05, 4.69) is 25.7 Å². The topological polar surface area (TPSA) is 166 Å². The van der Waals surface area contributed by atoms with E-state index in [4.69, 9.17) is 9.47 Å². The number of carbonyl (C=O) groups is 2. The molecular formula is C53H53F12N7O6. The molecule has 13 nitrogen and oxygen atoms in total. The maximum absolute atomic E-state index is 13.4. The molecule has 2 aromatic heterocycles. The molecule has 1 aliphatic carbocycles. The Bertz CT molecular complexity index is 2890. The van der Waals surface area contributed by atoms with E-state index < -0.39 is 92.6 Å². The normalized spacial score (nSPS) is 23.0. The summed E-state index contributed by atoms with van der Waals surface area (Å²) in [6.07, 6.45) is -17.9. The molecule has 1 saturated carbocycles. The predicted molar refractivity (Wildman–Crippen MR) is 257 cm³/mol. The Labute approximate surface area is 437 Å². The number of piperidine rings is 1. The highest BCUT2D eigenvalue weighted by Crippen LogP contribution is 2.48. The number of nitrogens with zero attached hydrogens (tertiary/aromatic N) is 4. The van der Waals surface area contributed by atoms with Crippen molar-refractivity contribution < 1.29 is 71.7 Å². The number of carbonyl (C=O) groups excluding carboxylic acids is 2. The van der Waals surface area contributed by atoms with Crippen molar-refractivity contribution in [1.82, 2.24) is 34.8 Å². The van der Waals surface area contributed by atoms with Crippen molar-refractivity contribution >= 4 is 11.6 Å². The maximum Gasteiger partial charge on any atom is 0.416 e. The SMILES string of the molecule is CC(=O)C1(n2cn[nH]c2=O)CCC(CO[C@H](C)c2cc(C(F)(F)F)cc(C(F)(F)F)c2)(c2ccccc2)CC1.CC(=O)[C@]1(n2cn[nH]c2=O)CC[C@@](CO[C@H](C)c2cc(C(F)(F)F)cc(C(F)(F)F)c2)(c2ccccc2)NC1. The van der Waals surface area contributed by atoms with E-state index in [1.165, 1.54) is 49.5 Å². The van der Waals surface area contributed by atoms with Gasteiger partial charge < -0.3 is 14.8 Å². The highest BCUT2D eigenvalue weighted by molar-refractivity contribution is 5.85. The van der Waals surface area contributed by atoms with Gasteiger partial charge in [-0.25, -0.2) is 19.8 Å². The fourth-order valence-corrected chi connectivity index (χ4v) is 10.3. The minimum absolute atomic E-state index is 0.0101. The third-order valence-electron chi connectivity index (χ3n) is 15.1. The molecule has 25 heteroatoms. The summed E-state index contributed by atoms with van der Waals surface area (Å²) in [5, 5.41) is 15.4. The van der Waals surface area contributed by atoms with Crippen LogP contribution < -0.4 is 16.7 Å². The largest absolute Gasteiger partial charge is 0.416 e. The Morgan fingerprint density at radius 2 is 0.910 bits per heavy atom. The molecule has 1 aliphatic heterocycles. The van der Waals surface area contributed by atoms with Gasteiger partial charge in [-0.1, -0.05) is 60.7 Å². The quantitative estimate of drug-likeness (QED) is 0.0900. The van der Waals surface area contributed by atoms with Crippen molar-refractivity contribution in [3.05, 3.63) is 175 Å². The maximum atomic E-state index is 13.4. The molecule has 4 aromatic carbocycles. The lowest BCUT2D eigenvalue weighted by atomic mass is 9.63. The average molecular weight is 1110 g/mol. The zero-order valence-corrected chi connectivity index (χ0v) is 42.2. The molecule has 2 fully saturated rings. The molecule has 0 spiro atoms. The van der Waals surface area contributed by atoms with Crippen molar-refractivity contribution in [1.29, 1.82) is 0 Å². The van der Waals surface area contributed by atoms with Gasteiger partial charge in [0.25, 0.3) is 0 Å². The number of hydrogen-bond acceptors (Lipinski definition) is 9. The van der Waals surface area contributed by atoms with Gasteiger partial charge in [-0.2, -0.15) is 62.9 Å². The molecule has 3 heterocycles. The van der Waals surface area contributed by atoms with E-state index in [0.717, 1.165) is 11.1 Å². The van der Waals surface area contributed by atoms with Crippen LogP contribution in [0.2, 0.25) is 0 Å². The molecule has 3 N–H and O–H groups in total. The fraction of sp³-hybridized carbons (Fsp3) is 0.434. The number of rotatable bonds is 14. The van der Waals surface area contributed by atoms with Crippen LogP contribution >= 0.6 is 0 Å². The summed E-state index contributed by atoms with van der Waals surface area (Å²) in [6.45, 7) is 5.40. The number of ether oxygens (including phenoxy) is 2. The van der Waals surface area contributed by atoms with E-state index in [1.54, 1.807) is 30.3 Å². The van der Waals surface area contributed by atoms with E-state index in [-0.39, 0.29) is 80.3 Å². The van der Waals surface area contributed by atoms with Gasteiger partial charge in [0.15, 0.2) is 11.6 Å². The Hall–Kier alpha value is -6.86. The lowest BCUT2D eigenvalue weighted by Crippen LogP contribution is -2.62. The first-order valence-electron chi connectivity index (χ1n) is 24.3. The monoisotopic (exact) mass is 1110 g/mol. The van der Waals surface area contributed by atoms with Gasteiger partial charge in [-0.15, -0.1) is 0 Å². The fourth-order valence-electron chi connectivity index (χ4n) is 10.3. The molecule has 6 aromatic rings. The first kappa shape index (κ1) is 58.8. The van der Waals surface area contributed by atoms with Crippen LogP contribution in [0.25, 0.3) is 0 Å². The number of Topliss-reactive ketones (excluding diaryl/α,β-unsaturated/α-hetero) is 2. The van der Waals surface area contributed by atoms with Crippen molar-refractivity contribution in [2.75, 3.05) is 19.8 Å². The van der Waals surface area contributed by atoms with Crippen LogP contribution in [0.15, 0.2) is 119 Å². The van der Waals surface area contributed by atoms with Crippen LogP contribution in [-0.2, 0) is 65.8 Å². The smallest absolute Gasteiger partial charge is 0.373 e. The van der Waals surface area contributed by atoms with Gasteiger partial charge in [-0.3, -0.25) is 18.7 Å². The molecule has 0 bridgehead atoms. The van der Waals surface area contributed by atoms with Crippen LogP contribution in [0.4, 0.5) is 52.7 Å². The van der Waals surface area contributed by atoms with Crippen LogP contribution in [0.5, 0.6) is 0 Å². The zero-order valence-electron chi connectivity index (χ0n) is 42.2. The average Bonchev–Trinajstić information content (AvgIpc) is 4.08. The Morgan fingerprint density at radius 3 is 1.26 bits per heavy atom. The molecule has 0 amide bonds. The summed E-state index contributed by atoms with van der Waals surface area (Å²) in [4.78, 5) is 50.2. The van der Waals surface area contributed by atoms with Crippen molar-refractivity contribution in [2.24, 2.45) is 0 Å². The number of ketones is 2. The van der Waals surface area contributed by atoms with Gasteiger partial charge in [0.05, 0.1) is 53.2 Å². The number of alkyl halides is 12. The van der Waals surface area contributed by atoms with Gasteiger partial charge in [-0.05, 0) is 125 Å². The number of H-pyrrole nitrogens is 2. The summed E-state index contributed by atoms with van der Waals surface area (Å²) in [5.41, 5.74) is -9.69. The Morgan fingerprint density at radius 1 is 0.538 bits per heavy atom. The molecule has 8 rings (SSSR count). The number of aromatic nitrogens is 6. The van der Waals surface area contributed by atoms with Crippen molar-refractivity contribution in [2.45, 2.75) is 125 Å². The van der Waals surface area contributed by atoms with Crippen molar-refractivity contribution in [3.63, 3.8) is 0 Å². The highest BCUT2D eigenvalue weighted by atomic mass is 19.4. The summed E-state index contributed by atoms with van der Waals surface area (Å²) in [5.74, 6) is -0.497. The summed E-state index contributed by atoms with van der Waals surface area (Å²) < 4.78 is 175. The Kier molecular flexibility index (Phi) is 16.7. The van der Waals surface area contributed by atoms with Crippen molar-refractivity contribution in [3.8, 4) is 0 Å². The molecular weight excluding hydrogens is 1060 g/mol. The first-order valence-corrected chi connectivity index (χ1v) is 24.3. The number of aromatic amines is 2. The summed E-state index contributed by atoms with van der Waals surface area (Å²) >= 11 is 0. The molecule has 0 unspecified atom stereocenters. The third-order valence-corrected chi connectivity index (χ3v) is 15.1. The van der Waals surface area contributed by atoms with Gasteiger partial charge in [0, 0.05) is 12.0 Å². The third kappa shape index (κ3) is 12.4. The first-order chi connectivity index (χ1) is 36.4. The lowest BCUT2D eigenvalue weighted by molar-refractivity contribution is -0.145. The van der Waals surface area contributed by atoms with E-state index in [0.29, 0.717) is 37.1 Å². The molecule has 420 valence electrons. The molecule has 2 aliphatic rings. The summed E-state index contributed by atoms with van der Waals surface area (Å²) in [6, 6.07) is 20.9. The van der Waals surface area contributed by atoms with Gasteiger partial charge >= 0.3 is 36.1 Å². The minimum atomic E-state index is -4.98. The number of halogens is 12. The van der Waals surface area contributed by atoms with Gasteiger partial charge in [0.1, 0.15) is 23.7 Å². The van der Waals surface area contributed by atoms with Crippen LogP contribution in [0.1, 0.15) is 123 Å². The second kappa shape index (κ2) is 22.1. The van der Waals surface area contributed by atoms with E-state index in [9.17, 15) is 71.9 Å². The lowest BCUT2D eigenvalue weighted by Gasteiger charge is -2.46. The Balaban J connectivity index is 0.000000226. The second-order valence-electron chi connectivity index (χ2n) is 19.8. The standard InChI is InChI=1S/C27H27F6N3O3.C26H26F6N4O3/c1-17(19-12-21(26(28,29)30)14-22(13-19)27(31,32)33)39-15-24(20-6-4-3-5-7-20)8-10-25(11-9-24,18(2)37)36-16-34-35-23(36)38;1-16(18-10-20(25(27,28)29)12-21(11-18)26(30,31)32)39-14-23(19-6-4-3-5-7-19)8-9-24(13-33-23,17(2)37)36-15-34-35-22(36)38/h3-7,12-14,16-17H,8-11,15H2,1-2H3,(H,35,38);3-7,10-12,15-16,33H,8-9,13-14H2,1-2H3,(H,35,38)/t17-,24?,25?;16-,23-,24+/m11/s1. The van der Waals surface area contributed by atoms with Crippen LogP contribution in [0, 0.1) is 0 Å². The number of hydrogen-bond donors (Lipinski definition) is 3. The van der Waals surface area contributed by atoms with Gasteiger partial charge in [0.2, 0.25) is 0 Å². The van der Waals surface area contributed by atoms with E-state index >= 15 is 0 Å². The number of nitrogens with one attached hydrogen (secondary N) is 3. The zero-order chi connectivity index (χ0) is 57.3.